The minimum Gasteiger partial charge on any atom is -0.106 e. The Morgan fingerprint density at radius 2 is 1.59 bits per heavy atom. The average molecular weight is 230 g/mol. The lowest BCUT2D eigenvalue weighted by molar-refractivity contribution is 0.667. The van der Waals surface area contributed by atoms with E-state index in [0.717, 1.165) is 5.57 Å². The van der Waals surface area contributed by atoms with Gasteiger partial charge in [0, 0.05) is 0 Å². The van der Waals surface area contributed by atoms with Crippen LogP contribution in [0.4, 0.5) is 0 Å². The summed E-state index contributed by atoms with van der Waals surface area (Å²) in [4.78, 5) is 0. The smallest absolute Gasteiger partial charge is 0.0233 e. The van der Waals surface area contributed by atoms with Crippen LogP contribution in [0.3, 0.4) is 0 Å². The molecule has 0 spiro atoms. The first-order valence-corrected chi connectivity index (χ1v) is 6.49. The van der Waals surface area contributed by atoms with Gasteiger partial charge in [0.2, 0.25) is 0 Å². The summed E-state index contributed by atoms with van der Waals surface area (Å²) in [7, 11) is 0. The molecule has 0 saturated carbocycles. The van der Waals surface area contributed by atoms with Crippen molar-refractivity contribution in [2.24, 2.45) is 0 Å². The molecule has 94 valence electrons. The molecule has 17 heavy (non-hydrogen) atoms. The van der Waals surface area contributed by atoms with Crippen LogP contribution in [0.1, 0.15) is 50.7 Å². The van der Waals surface area contributed by atoms with Gasteiger partial charge < -0.3 is 0 Å². The molecule has 1 aromatic carbocycles. The van der Waals surface area contributed by atoms with E-state index in [-0.39, 0.29) is 0 Å². The normalized spacial score (nSPS) is 9.29. The summed E-state index contributed by atoms with van der Waals surface area (Å²) in [6.45, 7) is 14.2. The molecule has 1 aromatic rings. The molecule has 1 rings (SSSR count). The third-order valence-electron chi connectivity index (χ3n) is 2.77. The van der Waals surface area contributed by atoms with E-state index in [2.05, 4.69) is 57.8 Å². The van der Waals surface area contributed by atoms with Gasteiger partial charge >= 0.3 is 0 Å². The molecule has 0 fully saturated rings. The standard InChI is InChI=1S/C15H22.C2H4/c1-4-5-6-7-8-14-9-11-15(12-10-14)13(2)3;1-2/h9-12H,2,4-8H2,1,3H3;1-2H2. The highest BCUT2D eigenvalue weighted by Gasteiger charge is 1.95. The fourth-order valence-corrected chi connectivity index (χ4v) is 1.71. The van der Waals surface area contributed by atoms with Crippen LogP contribution in [0.5, 0.6) is 0 Å². The molecular formula is C17H26. The Hall–Kier alpha value is -1.30. The summed E-state index contributed by atoms with van der Waals surface area (Å²) in [6, 6.07) is 8.82. The Morgan fingerprint density at radius 1 is 1.00 bits per heavy atom. The number of rotatable bonds is 6. The van der Waals surface area contributed by atoms with Gasteiger partial charge in [0.05, 0.1) is 0 Å². The fourth-order valence-electron chi connectivity index (χ4n) is 1.71. The molecule has 0 aliphatic carbocycles. The topological polar surface area (TPSA) is 0 Å². The molecule has 0 amide bonds. The van der Waals surface area contributed by atoms with E-state index in [1.165, 1.54) is 43.2 Å². The van der Waals surface area contributed by atoms with Gasteiger partial charge in [-0.15, -0.1) is 13.2 Å². The van der Waals surface area contributed by atoms with E-state index in [1.54, 1.807) is 0 Å². The van der Waals surface area contributed by atoms with Crippen molar-refractivity contribution in [2.45, 2.75) is 46.0 Å². The molecule has 0 bridgehead atoms. The van der Waals surface area contributed by atoms with Crippen LogP contribution in [0, 0.1) is 0 Å². The minimum atomic E-state index is 1.15. The summed E-state index contributed by atoms with van der Waals surface area (Å²) in [5.41, 5.74) is 3.86. The SMILES string of the molecule is C=C.C=C(C)c1ccc(CCCCCC)cc1. The maximum absolute atomic E-state index is 3.94. The van der Waals surface area contributed by atoms with Crippen LogP contribution < -0.4 is 0 Å². The highest BCUT2D eigenvalue weighted by molar-refractivity contribution is 5.61. The summed E-state index contributed by atoms with van der Waals surface area (Å²) in [6.07, 6.45) is 6.58. The van der Waals surface area contributed by atoms with Gasteiger partial charge in [-0.3, -0.25) is 0 Å². The fraction of sp³-hybridized carbons (Fsp3) is 0.412. The van der Waals surface area contributed by atoms with Gasteiger partial charge in [-0.2, -0.15) is 0 Å². The second kappa shape index (κ2) is 9.89. The Balaban J connectivity index is 0.00000121. The first-order valence-electron chi connectivity index (χ1n) is 6.49. The van der Waals surface area contributed by atoms with Crippen molar-refractivity contribution in [3.05, 3.63) is 55.1 Å². The summed E-state index contributed by atoms with van der Waals surface area (Å²) < 4.78 is 0. The molecule has 0 nitrogen and oxygen atoms in total. The van der Waals surface area contributed by atoms with E-state index < -0.39 is 0 Å². The molecule has 0 N–H and O–H groups in total. The lowest BCUT2D eigenvalue weighted by atomic mass is 10.0. The quantitative estimate of drug-likeness (QED) is 0.438. The van der Waals surface area contributed by atoms with Crippen molar-refractivity contribution < 1.29 is 0 Å². The molecule has 0 unspecified atom stereocenters. The third kappa shape index (κ3) is 6.78. The monoisotopic (exact) mass is 230 g/mol. The first-order chi connectivity index (χ1) is 8.24. The predicted octanol–water partition coefficient (Wildman–Crippen LogP) is 5.64. The zero-order valence-electron chi connectivity index (χ0n) is 11.5. The van der Waals surface area contributed by atoms with Gasteiger partial charge in [-0.25, -0.2) is 0 Å². The second-order valence-corrected chi connectivity index (χ2v) is 4.29. The van der Waals surface area contributed by atoms with Gasteiger partial charge in [0.1, 0.15) is 0 Å². The number of unbranched alkanes of at least 4 members (excludes halogenated alkanes) is 3. The van der Waals surface area contributed by atoms with Crippen molar-refractivity contribution in [1.82, 2.24) is 0 Å². The van der Waals surface area contributed by atoms with Crippen molar-refractivity contribution >= 4 is 5.57 Å². The predicted molar refractivity (Wildman–Crippen MR) is 80.3 cm³/mol. The van der Waals surface area contributed by atoms with Crippen LogP contribution in [-0.4, -0.2) is 0 Å². The number of allylic oxidation sites excluding steroid dienone is 1. The molecule has 0 atom stereocenters. The van der Waals surface area contributed by atoms with Gasteiger partial charge in [-0.05, 0) is 30.9 Å². The van der Waals surface area contributed by atoms with Gasteiger partial charge in [-0.1, -0.05) is 62.6 Å². The number of benzene rings is 1. The minimum absolute atomic E-state index is 1.15. The number of hydrogen-bond donors (Lipinski definition) is 0. The zero-order chi connectivity index (χ0) is 13.1. The van der Waals surface area contributed by atoms with Crippen LogP contribution >= 0.6 is 0 Å². The van der Waals surface area contributed by atoms with Gasteiger partial charge in [0.15, 0.2) is 0 Å². The number of hydrogen-bond acceptors (Lipinski definition) is 0. The molecule has 0 saturated heterocycles. The van der Waals surface area contributed by atoms with Crippen LogP contribution in [0.2, 0.25) is 0 Å². The summed E-state index contributed by atoms with van der Waals surface area (Å²) in [5, 5.41) is 0. The Bertz CT molecular complexity index is 305. The maximum Gasteiger partial charge on any atom is -0.0233 e. The summed E-state index contributed by atoms with van der Waals surface area (Å²) in [5.74, 6) is 0. The van der Waals surface area contributed by atoms with Gasteiger partial charge in [0.25, 0.3) is 0 Å². The van der Waals surface area contributed by atoms with E-state index >= 15 is 0 Å². The third-order valence-corrected chi connectivity index (χ3v) is 2.77. The lowest BCUT2D eigenvalue weighted by Gasteiger charge is -2.03. The largest absolute Gasteiger partial charge is 0.106 e. The van der Waals surface area contributed by atoms with E-state index in [4.69, 9.17) is 0 Å². The molecule has 0 aromatic heterocycles. The van der Waals surface area contributed by atoms with E-state index in [0.29, 0.717) is 0 Å². The van der Waals surface area contributed by atoms with Crippen molar-refractivity contribution in [1.29, 1.82) is 0 Å². The Labute approximate surface area is 107 Å². The average Bonchev–Trinajstić information content (AvgIpc) is 2.38. The Morgan fingerprint density at radius 3 is 2.06 bits per heavy atom. The molecule has 0 aliphatic rings. The molecule has 0 heteroatoms. The highest BCUT2D eigenvalue weighted by atomic mass is 14.0. The first kappa shape index (κ1) is 15.7. The maximum atomic E-state index is 3.94. The number of aryl methyl sites for hydroxylation is 1. The van der Waals surface area contributed by atoms with Crippen molar-refractivity contribution in [3.63, 3.8) is 0 Å². The van der Waals surface area contributed by atoms with Crippen molar-refractivity contribution in [2.75, 3.05) is 0 Å². The lowest BCUT2D eigenvalue weighted by Crippen LogP contribution is -1.86. The highest BCUT2D eigenvalue weighted by Crippen LogP contribution is 2.14. The molecule has 0 radical (unpaired) electrons. The zero-order valence-corrected chi connectivity index (χ0v) is 11.5. The molecular weight excluding hydrogens is 204 g/mol. The van der Waals surface area contributed by atoms with E-state index in [1.807, 2.05) is 0 Å². The van der Waals surface area contributed by atoms with Crippen LogP contribution in [0.25, 0.3) is 5.57 Å². The van der Waals surface area contributed by atoms with Crippen LogP contribution in [0.15, 0.2) is 44.0 Å². The Kier molecular flexibility index (Phi) is 9.14. The summed E-state index contributed by atoms with van der Waals surface area (Å²) >= 11 is 0. The van der Waals surface area contributed by atoms with Crippen molar-refractivity contribution in [3.8, 4) is 0 Å². The molecule has 0 heterocycles. The second-order valence-electron chi connectivity index (χ2n) is 4.29. The van der Waals surface area contributed by atoms with Crippen LogP contribution in [-0.2, 0) is 6.42 Å². The molecule has 0 aliphatic heterocycles. The van der Waals surface area contributed by atoms with E-state index in [9.17, 15) is 0 Å².